The predicted octanol–water partition coefficient (Wildman–Crippen LogP) is 6.20. The van der Waals surface area contributed by atoms with Gasteiger partial charge in [-0.15, -0.1) is 0 Å². The maximum atomic E-state index is 12.6. The summed E-state index contributed by atoms with van der Waals surface area (Å²) in [5.41, 5.74) is 3.05. The number of unbranched alkanes of at least 4 members (excludes halogenated alkanes) is 2. The fourth-order valence-corrected chi connectivity index (χ4v) is 3.53. The number of nitrogens with one attached hydrogen (secondary N) is 2. The van der Waals surface area contributed by atoms with Crippen molar-refractivity contribution in [1.29, 1.82) is 0 Å². The molecule has 7 heteroatoms. The number of hydrogen-bond acceptors (Lipinski definition) is 6. The molecule has 0 saturated carbocycles. The molecule has 0 aliphatic heterocycles. The molecule has 0 aliphatic carbocycles. The minimum atomic E-state index is -0.163. The average molecular weight is 462 g/mol. The van der Waals surface area contributed by atoms with E-state index in [1.54, 1.807) is 12.1 Å². The Morgan fingerprint density at radius 2 is 1.59 bits per heavy atom. The lowest BCUT2D eigenvalue weighted by Crippen LogP contribution is -2.23. The standard InChI is InChI=1S/C27H35N5O2/c1-5-8-9-18-34-24-16-10-21(11-17-24)26(33)29-22-12-14-23(15-13-22)30-27-28-20(4)19-25(31-27)32(6-2)7-3/h10-17,19H,5-9,18H2,1-4H3,(H,29,33)(H,28,30,31). The first-order valence-electron chi connectivity index (χ1n) is 12.0. The van der Waals surface area contributed by atoms with E-state index in [0.717, 1.165) is 55.3 Å². The number of carbonyl (C=O) groups is 1. The highest BCUT2D eigenvalue weighted by molar-refractivity contribution is 6.04. The topological polar surface area (TPSA) is 79.4 Å². The Bertz CT molecular complexity index is 1050. The van der Waals surface area contributed by atoms with E-state index >= 15 is 0 Å². The number of carbonyl (C=O) groups excluding carboxylic acids is 1. The van der Waals surface area contributed by atoms with Gasteiger partial charge in [0.1, 0.15) is 11.6 Å². The van der Waals surface area contributed by atoms with Crippen molar-refractivity contribution in [3.63, 3.8) is 0 Å². The van der Waals surface area contributed by atoms with Gasteiger partial charge in [-0.25, -0.2) is 4.98 Å². The van der Waals surface area contributed by atoms with Crippen LogP contribution >= 0.6 is 0 Å². The number of rotatable bonds is 12. The highest BCUT2D eigenvalue weighted by atomic mass is 16.5. The monoisotopic (exact) mass is 461 g/mol. The Balaban J connectivity index is 1.58. The molecule has 2 aromatic carbocycles. The SMILES string of the molecule is CCCCCOc1ccc(C(=O)Nc2ccc(Nc3nc(C)cc(N(CC)CC)n3)cc2)cc1. The van der Waals surface area contributed by atoms with E-state index in [1.807, 2.05) is 49.4 Å². The second kappa shape index (κ2) is 12.6. The van der Waals surface area contributed by atoms with Crippen molar-refractivity contribution in [2.75, 3.05) is 35.2 Å². The summed E-state index contributed by atoms with van der Waals surface area (Å²) in [6.07, 6.45) is 3.36. The number of nitrogens with zero attached hydrogens (tertiary/aromatic N) is 3. The number of benzene rings is 2. The van der Waals surface area contributed by atoms with Crippen molar-refractivity contribution in [2.24, 2.45) is 0 Å². The van der Waals surface area contributed by atoms with Crippen LogP contribution in [0.4, 0.5) is 23.1 Å². The Morgan fingerprint density at radius 1 is 0.912 bits per heavy atom. The highest BCUT2D eigenvalue weighted by Crippen LogP contribution is 2.21. The van der Waals surface area contributed by atoms with E-state index in [9.17, 15) is 4.79 Å². The molecule has 0 atom stereocenters. The molecule has 0 radical (unpaired) electrons. The summed E-state index contributed by atoms with van der Waals surface area (Å²) in [7, 11) is 0. The Kier molecular flexibility index (Phi) is 9.26. The molecule has 3 aromatic rings. The summed E-state index contributed by atoms with van der Waals surface area (Å²) in [6, 6.07) is 16.7. The molecule has 0 aliphatic rings. The molecule has 0 fully saturated rings. The average Bonchev–Trinajstić information content (AvgIpc) is 2.84. The van der Waals surface area contributed by atoms with Gasteiger partial charge in [-0.3, -0.25) is 4.79 Å². The van der Waals surface area contributed by atoms with Crippen molar-refractivity contribution in [3.05, 3.63) is 65.9 Å². The van der Waals surface area contributed by atoms with Crippen LogP contribution in [0.25, 0.3) is 0 Å². The summed E-state index contributed by atoms with van der Waals surface area (Å²) < 4.78 is 5.71. The third-order valence-electron chi connectivity index (χ3n) is 5.46. The van der Waals surface area contributed by atoms with Gasteiger partial charge < -0.3 is 20.3 Å². The molecule has 0 bridgehead atoms. The van der Waals surface area contributed by atoms with E-state index < -0.39 is 0 Å². The summed E-state index contributed by atoms with van der Waals surface area (Å²) in [5.74, 6) is 2.08. The van der Waals surface area contributed by atoms with Gasteiger partial charge in [-0.05, 0) is 75.7 Å². The highest BCUT2D eigenvalue weighted by Gasteiger charge is 2.09. The van der Waals surface area contributed by atoms with E-state index in [0.29, 0.717) is 23.8 Å². The van der Waals surface area contributed by atoms with Crippen molar-refractivity contribution in [1.82, 2.24) is 9.97 Å². The molecule has 34 heavy (non-hydrogen) atoms. The van der Waals surface area contributed by atoms with Gasteiger partial charge in [0.05, 0.1) is 6.61 Å². The van der Waals surface area contributed by atoms with Gasteiger partial charge in [-0.1, -0.05) is 19.8 Å². The molecule has 0 saturated heterocycles. The lowest BCUT2D eigenvalue weighted by Gasteiger charge is -2.20. The molecule has 1 aromatic heterocycles. The van der Waals surface area contributed by atoms with Gasteiger partial charge in [0, 0.05) is 41.8 Å². The number of ether oxygens (including phenoxy) is 1. The van der Waals surface area contributed by atoms with Crippen molar-refractivity contribution < 1.29 is 9.53 Å². The first-order valence-corrected chi connectivity index (χ1v) is 12.0. The zero-order chi connectivity index (χ0) is 24.3. The molecule has 180 valence electrons. The van der Waals surface area contributed by atoms with Crippen LogP contribution in [-0.2, 0) is 0 Å². The minimum absolute atomic E-state index is 0.163. The molecular weight excluding hydrogens is 426 g/mol. The second-order valence-electron chi connectivity index (χ2n) is 8.10. The number of amides is 1. The lowest BCUT2D eigenvalue weighted by atomic mass is 10.2. The van der Waals surface area contributed by atoms with Crippen molar-refractivity contribution in [3.8, 4) is 5.75 Å². The van der Waals surface area contributed by atoms with Gasteiger partial charge in [0.2, 0.25) is 5.95 Å². The quantitative estimate of drug-likeness (QED) is 0.313. The zero-order valence-electron chi connectivity index (χ0n) is 20.6. The Morgan fingerprint density at radius 3 is 2.24 bits per heavy atom. The molecule has 7 nitrogen and oxygen atoms in total. The van der Waals surface area contributed by atoms with E-state index in [1.165, 1.54) is 0 Å². The van der Waals surface area contributed by atoms with Crippen LogP contribution in [0, 0.1) is 6.92 Å². The van der Waals surface area contributed by atoms with E-state index in [4.69, 9.17) is 4.74 Å². The molecule has 1 amide bonds. The number of aryl methyl sites for hydroxylation is 1. The maximum Gasteiger partial charge on any atom is 0.255 e. The van der Waals surface area contributed by atoms with E-state index in [-0.39, 0.29) is 5.91 Å². The van der Waals surface area contributed by atoms with Crippen molar-refractivity contribution >= 4 is 29.0 Å². The van der Waals surface area contributed by atoms with Crippen LogP contribution in [0.2, 0.25) is 0 Å². The lowest BCUT2D eigenvalue weighted by molar-refractivity contribution is 0.102. The van der Waals surface area contributed by atoms with Crippen molar-refractivity contribution in [2.45, 2.75) is 47.0 Å². The maximum absolute atomic E-state index is 12.6. The summed E-state index contributed by atoms with van der Waals surface area (Å²) in [5, 5.41) is 6.19. The number of anilines is 4. The predicted molar refractivity (Wildman–Crippen MR) is 139 cm³/mol. The normalized spacial score (nSPS) is 10.6. The van der Waals surface area contributed by atoms with Crippen LogP contribution in [0.1, 0.15) is 56.1 Å². The number of hydrogen-bond donors (Lipinski definition) is 2. The molecule has 0 spiro atoms. The smallest absolute Gasteiger partial charge is 0.255 e. The van der Waals surface area contributed by atoms with Gasteiger partial charge >= 0.3 is 0 Å². The molecular formula is C27H35N5O2. The van der Waals surface area contributed by atoms with E-state index in [2.05, 4.69) is 46.3 Å². The fraction of sp³-hybridized carbons (Fsp3) is 0.370. The summed E-state index contributed by atoms with van der Waals surface area (Å²) in [6.45, 7) is 10.8. The van der Waals surface area contributed by atoms with Crippen LogP contribution in [-0.4, -0.2) is 35.6 Å². The van der Waals surface area contributed by atoms with Crippen LogP contribution < -0.4 is 20.3 Å². The first-order chi connectivity index (χ1) is 16.5. The van der Waals surface area contributed by atoms with Crippen LogP contribution in [0.5, 0.6) is 5.75 Å². The largest absolute Gasteiger partial charge is 0.494 e. The first kappa shape index (κ1) is 25.0. The summed E-state index contributed by atoms with van der Waals surface area (Å²) >= 11 is 0. The van der Waals surface area contributed by atoms with Crippen LogP contribution in [0.15, 0.2) is 54.6 Å². The Labute approximate surface area is 202 Å². The number of aromatic nitrogens is 2. The Hall–Kier alpha value is -3.61. The van der Waals surface area contributed by atoms with Gasteiger partial charge in [-0.2, -0.15) is 4.98 Å². The molecule has 2 N–H and O–H groups in total. The summed E-state index contributed by atoms with van der Waals surface area (Å²) in [4.78, 5) is 23.9. The zero-order valence-corrected chi connectivity index (χ0v) is 20.6. The third-order valence-corrected chi connectivity index (χ3v) is 5.46. The minimum Gasteiger partial charge on any atom is -0.494 e. The molecule has 1 heterocycles. The second-order valence-corrected chi connectivity index (χ2v) is 8.10. The van der Waals surface area contributed by atoms with Gasteiger partial charge in [0.15, 0.2) is 0 Å². The third kappa shape index (κ3) is 7.20. The molecule has 0 unspecified atom stereocenters. The molecule has 3 rings (SSSR count). The van der Waals surface area contributed by atoms with Crippen LogP contribution in [0.3, 0.4) is 0 Å². The fourth-order valence-electron chi connectivity index (χ4n) is 3.53. The van der Waals surface area contributed by atoms with Gasteiger partial charge in [0.25, 0.3) is 5.91 Å².